The predicted molar refractivity (Wildman–Crippen MR) is 139 cm³/mol. The number of benzene rings is 1. The molecule has 10 heteroatoms. The Morgan fingerprint density at radius 3 is 2.66 bits per heavy atom. The molecule has 4 heterocycles. The molecule has 0 unspecified atom stereocenters. The summed E-state index contributed by atoms with van der Waals surface area (Å²) in [5.74, 6) is 0.449. The van der Waals surface area contributed by atoms with Crippen LogP contribution < -0.4 is 20.9 Å². The van der Waals surface area contributed by atoms with Crippen LogP contribution in [0.25, 0.3) is 21.5 Å². The summed E-state index contributed by atoms with van der Waals surface area (Å²) in [6.45, 7) is 3.86. The lowest BCUT2D eigenvalue weighted by atomic mass is 10.1. The van der Waals surface area contributed by atoms with E-state index in [0.29, 0.717) is 23.4 Å². The Balaban J connectivity index is 1.20. The van der Waals surface area contributed by atoms with E-state index in [1.807, 2.05) is 36.5 Å². The van der Waals surface area contributed by atoms with Crippen LogP contribution in [-0.4, -0.2) is 52.2 Å². The molecule has 180 valence electrons. The van der Waals surface area contributed by atoms with E-state index in [1.54, 1.807) is 11.3 Å². The van der Waals surface area contributed by atoms with Crippen LogP contribution in [0.1, 0.15) is 25.7 Å². The molecule has 3 aromatic heterocycles. The number of rotatable bonds is 6. The van der Waals surface area contributed by atoms with Gasteiger partial charge in [0.2, 0.25) is 5.95 Å². The highest BCUT2D eigenvalue weighted by atomic mass is 32.1. The highest BCUT2D eigenvalue weighted by molar-refractivity contribution is 7.22. The van der Waals surface area contributed by atoms with Crippen molar-refractivity contribution in [2.75, 3.05) is 41.7 Å². The monoisotopic (exact) mass is 490 g/mol. The van der Waals surface area contributed by atoms with E-state index in [2.05, 4.69) is 35.8 Å². The van der Waals surface area contributed by atoms with Crippen molar-refractivity contribution >= 4 is 44.1 Å². The van der Waals surface area contributed by atoms with Crippen molar-refractivity contribution in [3.05, 3.63) is 48.5 Å². The number of fused-ring (bicyclic) bond motifs is 1. The van der Waals surface area contributed by atoms with Gasteiger partial charge in [-0.15, -0.1) is 0 Å². The van der Waals surface area contributed by atoms with Crippen LogP contribution in [0.5, 0.6) is 0 Å². The van der Waals surface area contributed by atoms with Crippen LogP contribution in [0, 0.1) is 5.82 Å². The van der Waals surface area contributed by atoms with Crippen LogP contribution in [-0.2, 0) is 0 Å². The van der Waals surface area contributed by atoms with Gasteiger partial charge in [-0.1, -0.05) is 30.2 Å². The molecule has 6 rings (SSSR count). The second kappa shape index (κ2) is 9.71. The van der Waals surface area contributed by atoms with E-state index in [9.17, 15) is 4.39 Å². The molecule has 0 spiro atoms. The van der Waals surface area contributed by atoms with Crippen LogP contribution in [0.3, 0.4) is 0 Å². The maximum atomic E-state index is 14.7. The number of pyridine rings is 1. The van der Waals surface area contributed by atoms with Crippen molar-refractivity contribution in [3.8, 4) is 11.3 Å². The number of nitrogens with zero attached hydrogens (tertiary/aromatic N) is 5. The first-order valence-electron chi connectivity index (χ1n) is 12.1. The molecular weight excluding hydrogens is 463 g/mol. The Hall–Kier alpha value is -3.37. The third-order valence-corrected chi connectivity index (χ3v) is 7.51. The zero-order valence-corrected chi connectivity index (χ0v) is 20.1. The first-order chi connectivity index (χ1) is 17.2. The second-order valence-corrected chi connectivity index (χ2v) is 10.0. The molecular formula is C25H27FN8S. The molecule has 0 amide bonds. The largest absolute Gasteiger partial charge is 0.368 e. The maximum absolute atomic E-state index is 14.7. The molecule has 35 heavy (non-hydrogen) atoms. The van der Waals surface area contributed by atoms with Gasteiger partial charge in [0.15, 0.2) is 10.9 Å². The van der Waals surface area contributed by atoms with Crippen molar-refractivity contribution in [3.63, 3.8) is 0 Å². The molecule has 2 aliphatic rings. The van der Waals surface area contributed by atoms with Crippen LogP contribution in [0.15, 0.2) is 42.7 Å². The zero-order chi connectivity index (χ0) is 23.6. The van der Waals surface area contributed by atoms with Crippen LogP contribution in [0.2, 0.25) is 0 Å². The SMILES string of the molecule is Fc1cnc(Nc2ccc(N3CCNCC3)cn2)nc1-c1ccc2nc(NC3CCCC3)sc2c1. The Bertz CT molecular complexity index is 1310. The zero-order valence-electron chi connectivity index (χ0n) is 19.3. The summed E-state index contributed by atoms with van der Waals surface area (Å²) >= 11 is 1.60. The average Bonchev–Trinajstić information content (AvgIpc) is 3.55. The maximum Gasteiger partial charge on any atom is 0.229 e. The lowest BCUT2D eigenvalue weighted by Crippen LogP contribution is -2.43. The van der Waals surface area contributed by atoms with E-state index < -0.39 is 5.82 Å². The predicted octanol–water partition coefficient (Wildman–Crippen LogP) is 4.80. The van der Waals surface area contributed by atoms with E-state index >= 15 is 0 Å². The summed E-state index contributed by atoms with van der Waals surface area (Å²) in [5.41, 5.74) is 2.93. The van der Waals surface area contributed by atoms with Crippen molar-refractivity contribution in [1.29, 1.82) is 0 Å². The van der Waals surface area contributed by atoms with Gasteiger partial charge in [-0.25, -0.2) is 24.3 Å². The fraction of sp³-hybridized carbons (Fsp3) is 0.360. The van der Waals surface area contributed by atoms with Crippen molar-refractivity contribution < 1.29 is 4.39 Å². The quantitative estimate of drug-likeness (QED) is 0.355. The number of anilines is 4. The molecule has 8 nitrogen and oxygen atoms in total. The van der Waals surface area contributed by atoms with Gasteiger partial charge >= 0.3 is 0 Å². The summed E-state index contributed by atoms with van der Waals surface area (Å²) < 4.78 is 15.7. The summed E-state index contributed by atoms with van der Waals surface area (Å²) in [6.07, 6.45) is 7.96. The molecule has 0 bridgehead atoms. The number of piperazine rings is 1. The van der Waals surface area contributed by atoms with E-state index in [4.69, 9.17) is 4.98 Å². The van der Waals surface area contributed by atoms with Gasteiger partial charge in [-0.3, -0.25) is 0 Å². The molecule has 3 N–H and O–H groups in total. The molecule has 0 radical (unpaired) electrons. The summed E-state index contributed by atoms with van der Waals surface area (Å²) in [4.78, 5) is 20.1. The van der Waals surface area contributed by atoms with Crippen molar-refractivity contribution in [2.45, 2.75) is 31.7 Å². The Morgan fingerprint density at radius 2 is 1.86 bits per heavy atom. The molecule has 0 atom stereocenters. The minimum Gasteiger partial charge on any atom is -0.368 e. The minimum atomic E-state index is -0.467. The smallest absolute Gasteiger partial charge is 0.229 e. The molecule has 1 aromatic carbocycles. The third kappa shape index (κ3) is 4.89. The molecule has 1 saturated heterocycles. The lowest BCUT2D eigenvalue weighted by molar-refractivity contribution is 0.589. The summed E-state index contributed by atoms with van der Waals surface area (Å²) in [7, 11) is 0. The topological polar surface area (TPSA) is 90.9 Å². The minimum absolute atomic E-state index is 0.250. The van der Waals surface area contributed by atoms with E-state index in [1.165, 1.54) is 31.9 Å². The van der Waals surface area contributed by atoms with Gasteiger partial charge in [0.25, 0.3) is 0 Å². The Labute approximate surface area is 207 Å². The van der Waals surface area contributed by atoms with Crippen LogP contribution in [0.4, 0.5) is 27.0 Å². The fourth-order valence-electron chi connectivity index (χ4n) is 4.69. The van der Waals surface area contributed by atoms with Gasteiger partial charge in [0.1, 0.15) is 11.5 Å². The molecule has 1 aliphatic carbocycles. The lowest BCUT2D eigenvalue weighted by Gasteiger charge is -2.29. The molecule has 1 aliphatic heterocycles. The number of nitrogens with one attached hydrogen (secondary N) is 3. The first kappa shape index (κ1) is 22.1. The van der Waals surface area contributed by atoms with Crippen molar-refractivity contribution in [2.24, 2.45) is 0 Å². The number of hydrogen-bond donors (Lipinski definition) is 3. The Kier molecular flexibility index (Phi) is 6.13. The number of halogens is 1. The van der Waals surface area contributed by atoms with Crippen LogP contribution >= 0.6 is 11.3 Å². The Morgan fingerprint density at radius 1 is 1.00 bits per heavy atom. The molecule has 1 saturated carbocycles. The standard InChI is InChI=1S/C25H27FN8S/c26-19-15-29-24(32-22-8-6-18(14-28-22)34-11-9-27-10-12-34)33-23(19)16-5-7-20-21(13-16)35-25(31-20)30-17-3-1-2-4-17/h5-8,13-15,17,27H,1-4,9-12H2,(H,30,31)(H,28,29,32,33). The van der Waals surface area contributed by atoms with Gasteiger partial charge in [-0.2, -0.15) is 0 Å². The highest BCUT2D eigenvalue weighted by Gasteiger charge is 2.17. The van der Waals surface area contributed by atoms with E-state index in [0.717, 1.165) is 47.2 Å². The normalized spacial score (nSPS) is 16.7. The fourth-order valence-corrected chi connectivity index (χ4v) is 5.67. The average molecular weight is 491 g/mol. The highest BCUT2D eigenvalue weighted by Crippen LogP contribution is 2.33. The molecule has 2 fully saturated rings. The van der Waals surface area contributed by atoms with Gasteiger partial charge in [0, 0.05) is 37.8 Å². The number of thiazole rings is 1. The first-order valence-corrected chi connectivity index (χ1v) is 12.9. The third-order valence-electron chi connectivity index (χ3n) is 6.56. The van der Waals surface area contributed by atoms with Gasteiger partial charge in [-0.05, 0) is 37.1 Å². The van der Waals surface area contributed by atoms with Gasteiger partial charge in [0.05, 0.1) is 28.3 Å². The number of aromatic nitrogens is 4. The summed E-state index contributed by atoms with van der Waals surface area (Å²) in [5, 5.41) is 10.9. The number of hydrogen-bond acceptors (Lipinski definition) is 9. The van der Waals surface area contributed by atoms with E-state index in [-0.39, 0.29) is 5.69 Å². The second-order valence-electron chi connectivity index (χ2n) is 8.98. The van der Waals surface area contributed by atoms with Crippen molar-refractivity contribution in [1.82, 2.24) is 25.3 Å². The summed E-state index contributed by atoms with van der Waals surface area (Å²) in [6, 6.07) is 10.2. The molecule has 4 aromatic rings. The van der Waals surface area contributed by atoms with Gasteiger partial charge < -0.3 is 20.9 Å².